The van der Waals surface area contributed by atoms with Gasteiger partial charge in [0.1, 0.15) is 0 Å². The predicted molar refractivity (Wildman–Crippen MR) is 108 cm³/mol. The third-order valence-corrected chi connectivity index (χ3v) is 5.87. The molecule has 0 amide bonds. The number of benzene rings is 2. The van der Waals surface area contributed by atoms with E-state index in [9.17, 15) is 14.6 Å². The number of methoxy groups -OCH3 is 1. The molecule has 2 aromatic carbocycles. The van der Waals surface area contributed by atoms with E-state index in [0.29, 0.717) is 31.4 Å². The van der Waals surface area contributed by atoms with Crippen LogP contribution in [0.1, 0.15) is 42.4 Å². The third kappa shape index (κ3) is 4.22. The molecule has 5 heteroatoms. The monoisotopic (exact) mass is 387 g/mol. The Bertz CT molecular complexity index is 795. The van der Waals surface area contributed by atoms with Crippen LogP contribution in [0.15, 0.2) is 42.5 Å². The maximum Gasteiger partial charge on any atom is 0.165 e. The fourth-order valence-electron chi connectivity index (χ4n) is 4.33. The van der Waals surface area contributed by atoms with Gasteiger partial charge in [-0.1, -0.05) is 42.8 Å². The first-order chi connectivity index (χ1) is 13.4. The van der Waals surface area contributed by atoms with Crippen molar-refractivity contribution in [3.8, 4) is 5.75 Å². The van der Waals surface area contributed by atoms with Crippen molar-refractivity contribution < 1.29 is 19.3 Å². The highest BCUT2D eigenvalue weighted by atomic mass is 19.1. The second-order valence-electron chi connectivity index (χ2n) is 7.84. The molecule has 1 aliphatic heterocycles. The lowest BCUT2D eigenvalue weighted by atomic mass is 9.68. The van der Waals surface area contributed by atoms with E-state index in [0.717, 1.165) is 11.1 Å². The van der Waals surface area contributed by atoms with Gasteiger partial charge < -0.3 is 20.3 Å². The summed E-state index contributed by atoms with van der Waals surface area (Å²) in [5.41, 5.74) is 1.76. The van der Waals surface area contributed by atoms with Gasteiger partial charge in [0.2, 0.25) is 0 Å². The minimum Gasteiger partial charge on any atom is -0.494 e. The van der Waals surface area contributed by atoms with Gasteiger partial charge in [0.15, 0.2) is 11.6 Å². The Morgan fingerprint density at radius 1 is 1.25 bits per heavy atom. The van der Waals surface area contributed by atoms with Crippen LogP contribution >= 0.6 is 0 Å². The molecule has 1 saturated heterocycles. The van der Waals surface area contributed by atoms with Crippen molar-refractivity contribution in [1.29, 1.82) is 0 Å². The number of aliphatic hydroxyl groups is 2. The summed E-state index contributed by atoms with van der Waals surface area (Å²) in [6.45, 7) is 4.53. The van der Waals surface area contributed by atoms with Gasteiger partial charge in [-0.2, -0.15) is 0 Å². The Balaban J connectivity index is 2.02. The molecule has 1 heterocycles. The van der Waals surface area contributed by atoms with Gasteiger partial charge in [0.25, 0.3) is 0 Å². The second-order valence-corrected chi connectivity index (χ2v) is 7.84. The predicted octanol–water partition coefficient (Wildman–Crippen LogP) is 3.33. The molecule has 0 radical (unpaired) electrons. The van der Waals surface area contributed by atoms with E-state index in [-0.39, 0.29) is 11.8 Å². The summed E-state index contributed by atoms with van der Waals surface area (Å²) in [5.74, 6) is -0.743. The van der Waals surface area contributed by atoms with Gasteiger partial charge in [0, 0.05) is 18.4 Å². The normalized spacial score (nSPS) is 26.1. The van der Waals surface area contributed by atoms with Crippen LogP contribution in [0.25, 0.3) is 0 Å². The number of hydrogen-bond donors (Lipinski definition) is 3. The summed E-state index contributed by atoms with van der Waals surface area (Å²) in [5, 5.41) is 25.7. The molecule has 0 aliphatic carbocycles. The zero-order valence-corrected chi connectivity index (χ0v) is 16.8. The number of piperidine rings is 1. The first kappa shape index (κ1) is 20.8. The Hall–Kier alpha value is -1.95. The Labute approximate surface area is 166 Å². The lowest BCUT2D eigenvalue weighted by Crippen LogP contribution is -2.59. The minimum atomic E-state index is -1.09. The summed E-state index contributed by atoms with van der Waals surface area (Å²) in [6, 6.07) is 12.5. The molecule has 1 fully saturated rings. The van der Waals surface area contributed by atoms with E-state index in [2.05, 4.69) is 5.32 Å². The van der Waals surface area contributed by atoms with Crippen LogP contribution in [0.3, 0.4) is 0 Å². The zero-order chi connectivity index (χ0) is 20.3. The zero-order valence-electron chi connectivity index (χ0n) is 16.8. The standard InChI is InChI=1S/C23H30FNO3/c1-4-19(26)22-21(17-9-10-20(28-3)18(24)13-17)23(27,11-12-25-22)14-16-7-5-15(2)6-8-16/h5-10,13,19,21-22,25-27H,4,11-12,14H2,1-3H3. The molecule has 0 aromatic heterocycles. The van der Waals surface area contributed by atoms with E-state index in [1.807, 2.05) is 38.1 Å². The molecule has 1 aliphatic rings. The average molecular weight is 387 g/mol. The summed E-state index contributed by atoms with van der Waals surface area (Å²) in [7, 11) is 1.43. The third-order valence-electron chi connectivity index (χ3n) is 5.87. The highest BCUT2D eigenvalue weighted by Crippen LogP contribution is 2.41. The molecule has 0 bridgehead atoms. The van der Waals surface area contributed by atoms with E-state index in [4.69, 9.17) is 4.74 Å². The van der Waals surface area contributed by atoms with E-state index >= 15 is 0 Å². The van der Waals surface area contributed by atoms with Crippen molar-refractivity contribution in [2.45, 2.75) is 56.8 Å². The number of halogens is 1. The molecule has 4 nitrogen and oxygen atoms in total. The molecule has 0 saturated carbocycles. The van der Waals surface area contributed by atoms with Crippen molar-refractivity contribution in [3.63, 3.8) is 0 Å². The van der Waals surface area contributed by atoms with Gasteiger partial charge in [-0.25, -0.2) is 4.39 Å². The maximum atomic E-state index is 14.4. The number of nitrogens with one attached hydrogen (secondary N) is 1. The highest BCUT2D eigenvalue weighted by molar-refractivity contribution is 5.36. The number of ether oxygens (including phenoxy) is 1. The topological polar surface area (TPSA) is 61.7 Å². The number of aliphatic hydroxyl groups excluding tert-OH is 1. The van der Waals surface area contributed by atoms with E-state index in [1.165, 1.54) is 13.2 Å². The Morgan fingerprint density at radius 3 is 2.57 bits per heavy atom. The van der Waals surface area contributed by atoms with Gasteiger partial charge >= 0.3 is 0 Å². The molecule has 4 atom stereocenters. The Morgan fingerprint density at radius 2 is 1.96 bits per heavy atom. The van der Waals surface area contributed by atoms with Gasteiger partial charge in [-0.3, -0.25) is 0 Å². The second kappa shape index (κ2) is 8.60. The van der Waals surface area contributed by atoms with Crippen molar-refractivity contribution in [2.24, 2.45) is 0 Å². The molecule has 4 unspecified atom stereocenters. The number of hydrogen-bond acceptors (Lipinski definition) is 4. The maximum absolute atomic E-state index is 14.4. The lowest BCUT2D eigenvalue weighted by molar-refractivity contribution is -0.0500. The van der Waals surface area contributed by atoms with Crippen LogP contribution in [0.4, 0.5) is 4.39 Å². The van der Waals surface area contributed by atoms with Crippen LogP contribution in [-0.2, 0) is 6.42 Å². The van der Waals surface area contributed by atoms with Crippen molar-refractivity contribution in [2.75, 3.05) is 13.7 Å². The lowest BCUT2D eigenvalue weighted by Gasteiger charge is -2.47. The highest BCUT2D eigenvalue weighted by Gasteiger charge is 2.47. The van der Waals surface area contributed by atoms with E-state index < -0.39 is 23.4 Å². The van der Waals surface area contributed by atoms with Gasteiger partial charge in [-0.05, 0) is 49.6 Å². The molecule has 28 heavy (non-hydrogen) atoms. The van der Waals surface area contributed by atoms with Gasteiger partial charge in [-0.15, -0.1) is 0 Å². The minimum absolute atomic E-state index is 0.169. The first-order valence-electron chi connectivity index (χ1n) is 9.90. The average Bonchev–Trinajstić information content (AvgIpc) is 2.68. The van der Waals surface area contributed by atoms with Crippen molar-refractivity contribution in [3.05, 3.63) is 65.0 Å². The molecular formula is C23H30FNO3. The molecule has 152 valence electrons. The molecule has 3 N–H and O–H groups in total. The summed E-state index contributed by atoms with van der Waals surface area (Å²) >= 11 is 0. The quantitative estimate of drug-likeness (QED) is 0.712. The smallest absolute Gasteiger partial charge is 0.165 e. The summed E-state index contributed by atoms with van der Waals surface area (Å²) in [4.78, 5) is 0. The number of aryl methyl sites for hydroxylation is 1. The van der Waals surface area contributed by atoms with Crippen molar-refractivity contribution >= 4 is 0 Å². The number of rotatable bonds is 6. The first-order valence-corrected chi connectivity index (χ1v) is 9.90. The van der Waals surface area contributed by atoms with Crippen LogP contribution < -0.4 is 10.1 Å². The fourth-order valence-corrected chi connectivity index (χ4v) is 4.33. The summed E-state index contributed by atoms with van der Waals surface area (Å²) < 4.78 is 19.5. The van der Waals surface area contributed by atoms with Crippen LogP contribution in [0.5, 0.6) is 5.75 Å². The van der Waals surface area contributed by atoms with Crippen molar-refractivity contribution in [1.82, 2.24) is 5.32 Å². The molecular weight excluding hydrogens is 357 g/mol. The molecule has 0 spiro atoms. The largest absolute Gasteiger partial charge is 0.494 e. The Kier molecular flexibility index (Phi) is 6.38. The van der Waals surface area contributed by atoms with Crippen LogP contribution in [0.2, 0.25) is 0 Å². The van der Waals surface area contributed by atoms with Crippen LogP contribution in [0, 0.1) is 12.7 Å². The molecule has 3 rings (SSSR count). The van der Waals surface area contributed by atoms with Gasteiger partial charge in [0.05, 0.1) is 18.8 Å². The summed E-state index contributed by atoms with van der Waals surface area (Å²) in [6.07, 6.45) is 0.875. The van der Waals surface area contributed by atoms with Crippen LogP contribution in [-0.4, -0.2) is 41.6 Å². The van der Waals surface area contributed by atoms with E-state index in [1.54, 1.807) is 12.1 Å². The SMILES string of the molecule is CCC(O)C1NCCC(O)(Cc2ccc(C)cc2)C1c1ccc(OC)c(F)c1. The fraction of sp³-hybridized carbons (Fsp3) is 0.478. The molecule has 2 aromatic rings.